The molecule has 1 heterocycles. The van der Waals surface area contributed by atoms with Crippen LogP contribution in [0.25, 0.3) is 11.3 Å². The Morgan fingerprint density at radius 2 is 1.96 bits per heavy atom. The Bertz CT molecular complexity index is 908. The lowest BCUT2D eigenvalue weighted by Crippen LogP contribution is -2.19. The smallest absolute Gasteiger partial charge is 0.323 e. The molecule has 3 rings (SSSR count). The second-order valence-corrected chi connectivity index (χ2v) is 6.21. The fourth-order valence-corrected chi connectivity index (χ4v) is 3.04. The van der Waals surface area contributed by atoms with Gasteiger partial charge in [-0.2, -0.15) is 5.10 Å². The average molecular weight is 401 g/mol. The van der Waals surface area contributed by atoms with E-state index in [0.29, 0.717) is 17.1 Å². The Morgan fingerprint density at radius 3 is 2.68 bits per heavy atom. The van der Waals surface area contributed by atoms with Crippen molar-refractivity contribution in [2.45, 2.75) is 0 Å². The highest BCUT2D eigenvalue weighted by Gasteiger charge is 2.10. The first kappa shape index (κ1) is 17.0. The van der Waals surface area contributed by atoms with E-state index >= 15 is 0 Å². The van der Waals surface area contributed by atoms with E-state index in [9.17, 15) is 4.79 Å². The molecule has 0 radical (unpaired) electrons. The van der Waals surface area contributed by atoms with Gasteiger partial charge in [0.25, 0.3) is 0 Å². The minimum atomic E-state index is -0.346. The van der Waals surface area contributed by atoms with Gasteiger partial charge in [0, 0.05) is 24.5 Å². The lowest BCUT2D eigenvalue weighted by atomic mass is 10.1. The molecule has 0 aliphatic carbocycles. The van der Waals surface area contributed by atoms with Crippen LogP contribution in [0.5, 0.6) is 5.75 Å². The second-order valence-electron chi connectivity index (χ2n) is 5.36. The SMILES string of the molecule is COc1ccccc1NC(=O)Nc1cccc(-c2nn(C)cc2Br)c1. The number of nitrogens with one attached hydrogen (secondary N) is 2. The number of aromatic nitrogens is 2. The number of para-hydroxylation sites is 2. The number of nitrogens with zero attached hydrogens (tertiary/aromatic N) is 2. The van der Waals surface area contributed by atoms with Crippen molar-refractivity contribution in [1.82, 2.24) is 9.78 Å². The number of carbonyl (C=O) groups excluding carboxylic acids is 1. The molecule has 25 heavy (non-hydrogen) atoms. The van der Waals surface area contributed by atoms with Crippen molar-refractivity contribution in [2.75, 3.05) is 17.7 Å². The largest absolute Gasteiger partial charge is 0.495 e. The first-order valence-corrected chi connectivity index (χ1v) is 8.36. The number of ether oxygens (including phenoxy) is 1. The van der Waals surface area contributed by atoms with E-state index in [-0.39, 0.29) is 6.03 Å². The van der Waals surface area contributed by atoms with Gasteiger partial charge >= 0.3 is 6.03 Å². The lowest BCUT2D eigenvalue weighted by Gasteiger charge is -2.11. The van der Waals surface area contributed by atoms with E-state index in [4.69, 9.17) is 4.74 Å². The monoisotopic (exact) mass is 400 g/mol. The summed E-state index contributed by atoms with van der Waals surface area (Å²) < 4.78 is 7.85. The minimum Gasteiger partial charge on any atom is -0.495 e. The molecule has 0 spiro atoms. The molecule has 0 aliphatic rings. The van der Waals surface area contributed by atoms with Gasteiger partial charge in [0.15, 0.2) is 0 Å². The average Bonchev–Trinajstić information content (AvgIpc) is 2.94. The summed E-state index contributed by atoms with van der Waals surface area (Å²) in [6.45, 7) is 0. The van der Waals surface area contributed by atoms with Crippen molar-refractivity contribution in [1.29, 1.82) is 0 Å². The molecule has 2 N–H and O–H groups in total. The molecule has 7 heteroatoms. The maximum atomic E-state index is 12.3. The van der Waals surface area contributed by atoms with Gasteiger partial charge in [0.1, 0.15) is 11.4 Å². The number of hydrogen-bond acceptors (Lipinski definition) is 3. The number of aryl methyl sites for hydroxylation is 1. The molecule has 2 amide bonds. The van der Waals surface area contributed by atoms with Crippen LogP contribution in [0.15, 0.2) is 59.2 Å². The van der Waals surface area contributed by atoms with Crippen molar-refractivity contribution >= 4 is 33.3 Å². The van der Waals surface area contributed by atoms with Crippen LogP contribution >= 0.6 is 15.9 Å². The molecule has 6 nitrogen and oxygen atoms in total. The van der Waals surface area contributed by atoms with Crippen molar-refractivity contribution < 1.29 is 9.53 Å². The molecule has 0 fully saturated rings. The Balaban J connectivity index is 1.76. The van der Waals surface area contributed by atoms with Gasteiger partial charge in [-0.3, -0.25) is 4.68 Å². The summed E-state index contributed by atoms with van der Waals surface area (Å²) in [5.74, 6) is 0.601. The zero-order valence-corrected chi connectivity index (χ0v) is 15.4. The number of rotatable bonds is 4. The third kappa shape index (κ3) is 4.00. The van der Waals surface area contributed by atoms with Crippen molar-refractivity contribution in [3.8, 4) is 17.0 Å². The highest BCUT2D eigenvalue weighted by Crippen LogP contribution is 2.28. The minimum absolute atomic E-state index is 0.346. The summed E-state index contributed by atoms with van der Waals surface area (Å²) in [5.41, 5.74) is 2.99. The fraction of sp³-hybridized carbons (Fsp3) is 0.111. The van der Waals surface area contributed by atoms with Crippen LogP contribution in [-0.2, 0) is 7.05 Å². The first-order chi connectivity index (χ1) is 12.1. The molecule has 0 bridgehead atoms. The Hall–Kier alpha value is -2.80. The quantitative estimate of drug-likeness (QED) is 0.677. The van der Waals surface area contributed by atoms with Crippen molar-refractivity contribution in [2.24, 2.45) is 7.05 Å². The van der Waals surface area contributed by atoms with E-state index < -0.39 is 0 Å². The summed E-state index contributed by atoms with van der Waals surface area (Å²) in [6.07, 6.45) is 1.88. The van der Waals surface area contributed by atoms with Crippen molar-refractivity contribution in [3.05, 3.63) is 59.2 Å². The third-order valence-electron chi connectivity index (χ3n) is 3.53. The predicted octanol–water partition coefficient (Wildman–Crippen LogP) is 4.50. The number of halogens is 1. The van der Waals surface area contributed by atoms with Crippen LogP contribution in [0.3, 0.4) is 0 Å². The summed E-state index contributed by atoms with van der Waals surface area (Å²) in [6, 6.07) is 14.4. The molecule has 0 atom stereocenters. The molecule has 0 saturated heterocycles. The molecule has 0 saturated carbocycles. The number of anilines is 2. The summed E-state index contributed by atoms with van der Waals surface area (Å²) in [4.78, 5) is 12.3. The number of methoxy groups -OCH3 is 1. The van der Waals surface area contributed by atoms with Crippen LogP contribution in [0.2, 0.25) is 0 Å². The van der Waals surface area contributed by atoms with Crippen LogP contribution in [0.4, 0.5) is 16.2 Å². The third-order valence-corrected chi connectivity index (χ3v) is 4.11. The van der Waals surface area contributed by atoms with Crippen LogP contribution in [0.1, 0.15) is 0 Å². The fourth-order valence-electron chi connectivity index (χ4n) is 2.43. The van der Waals surface area contributed by atoms with Gasteiger partial charge in [-0.25, -0.2) is 4.79 Å². The van der Waals surface area contributed by atoms with E-state index in [0.717, 1.165) is 15.7 Å². The molecule has 3 aromatic rings. The van der Waals surface area contributed by atoms with Gasteiger partial charge in [0.05, 0.1) is 17.3 Å². The van der Waals surface area contributed by atoms with E-state index in [1.807, 2.05) is 49.6 Å². The van der Waals surface area contributed by atoms with Crippen LogP contribution in [-0.4, -0.2) is 22.9 Å². The Kier molecular flexibility index (Phi) is 5.04. The lowest BCUT2D eigenvalue weighted by molar-refractivity contribution is 0.262. The van der Waals surface area contributed by atoms with Gasteiger partial charge in [-0.1, -0.05) is 24.3 Å². The Labute approximate surface area is 153 Å². The molecule has 0 aliphatic heterocycles. The second kappa shape index (κ2) is 7.40. The molecule has 1 aromatic heterocycles. The molecular weight excluding hydrogens is 384 g/mol. The van der Waals surface area contributed by atoms with E-state index in [2.05, 4.69) is 31.7 Å². The zero-order valence-electron chi connectivity index (χ0n) is 13.8. The molecular formula is C18H17BrN4O2. The maximum absolute atomic E-state index is 12.3. The van der Waals surface area contributed by atoms with Gasteiger partial charge in [0.2, 0.25) is 0 Å². The van der Waals surface area contributed by atoms with Gasteiger partial charge < -0.3 is 15.4 Å². The highest BCUT2D eigenvalue weighted by molar-refractivity contribution is 9.10. The number of hydrogen-bond donors (Lipinski definition) is 2. The number of benzene rings is 2. The summed E-state index contributed by atoms with van der Waals surface area (Å²) >= 11 is 3.49. The van der Waals surface area contributed by atoms with Crippen LogP contribution in [0, 0.1) is 0 Å². The van der Waals surface area contributed by atoms with Crippen molar-refractivity contribution in [3.63, 3.8) is 0 Å². The summed E-state index contributed by atoms with van der Waals surface area (Å²) in [7, 11) is 3.42. The number of carbonyl (C=O) groups is 1. The van der Waals surface area contributed by atoms with E-state index in [1.165, 1.54) is 0 Å². The normalized spacial score (nSPS) is 10.4. The number of amides is 2. The van der Waals surface area contributed by atoms with Gasteiger partial charge in [-0.15, -0.1) is 0 Å². The van der Waals surface area contributed by atoms with Gasteiger partial charge in [-0.05, 0) is 40.2 Å². The molecule has 128 valence electrons. The van der Waals surface area contributed by atoms with Crippen LogP contribution < -0.4 is 15.4 Å². The topological polar surface area (TPSA) is 68.2 Å². The molecule has 2 aromatic carbocycles. The number of urea groups is 1. The standard InChI is InChI=1S/C18H17BrN4O2/c1-23-11-14(19)17(22-23)12-6-5-7-13(10-12)20-18(24)21-15-8-3-4-9-16(15)25-2/h3-11H,1-2H3,(H2,20,21,24). The highest BCUT2D eigenvalue weighted by atomic mass is 79.9. The van der Waals surface area contributed by atoms with E-state index in [1.54, 1.807) is 23.9 Å². The molecule has 0 unspecified atom stereocenters. The predicted molar refractivity (Wildman–Crippen MR) is 102 cm³/mol. The first-order valence-electron chi connectivity index (χ1n) is 7.57. The summed E-state index contributed by atoms with van der Waals surface area (Å²) in [5, 5.41) is 10.0. The maximum Gasteiger partial charge on any atom is 0.323 e. The zero-order chi connectivity index (χ0) is 17.8. The Morgan fingerprint density at radius 1 is 1.16 bits per heavy atom.